The molecule has 1 N–H and O–H groups in total. The molecule has 0 saturated carbocycles. The molecule has 2 aromatic carbocycles. The van der Waals surface area contributed by atoms with E-state index in [1.54, 1.807) is 12.1 Å². The summed E-state index contributed by atoms with van der Waals surface area (Å²) in [5.74, 6) is -0.691. The van der Waals surface area contributed by atoms with Gasteiger partial charge in [0.15, 0.2) is 11.6 Å². The van der Waals surface area contributed by atoms with Gasteiger partial charge in [0, 0.05) is 18.1 Å². The first-order valence-electron chi connectivity index (χ1n) is 6.39. The van der Waals surface area contributed by atoms with E-state index in [0.29, 0.717) is 5.75 Å². The Morgan fingerprint density at radius 2 is 1.86 bits per heavy atom. The molecule has 2 aromatic rings. The number of aliphatic hydroxyl groups excluding tert-OH is 1. The first-order chi connectivity index (χ1) is 10.1. The Morgan fingerprint density at radius 1 is 1.10 bits per heavy atom. The fraction of sp³-hybridized carbons (Fsp3) is 0.250. The third kappa shape index (κ3) is 3.31. The molecule has 3 nitrogen and oxygen atoms in total. The predicted molar refractivity (Wildman–Crippen MR) is 74.6 cm³/mol. The van der Waals surface area contributed by atoms with Crippen molar-refractivity contribution in [3.63, 3.8) is 0 Å². The van der Waals surface area contributed by atoms with E-state index in [1.807, 2.05) is 0 Å². The molecule has 5 heteroatoms. The minimum atomic E-state index is -1.16. The largest absolute Gasteiger partial charge is 0.497 e. The van der Waals surface area contributed by atoms with Crippen LogP contribution in [0.15, 0.2) is 36.4 Å². The number of rotatable bonds is 5. The Morgan fingerprint density at radius 3 is 2.48 bits per heavy atom. The number of halogens is 2. The molecule has 0 spiro atoms. The number of hydrogen-bond donors (Lipinski definition) is 1. The summed E-state index contributed by atoms with van der Waals surface area (Å²) in [6.45, 7) is 0. The zero-order valence-electron chi connectivity index (χ0n) is 11.8. The molecule has 0 aliphatic carbocycles. The molecule has 0 aromatic heterocycles. The van der Waals surface area contributed by atoms with Gasteiger partial charge in [-0.05, 0) is 23.8 Å². The average Bonchev–Trinajstić information content (AvgIpc) is 2.49. The highest BCUT2D eigenvalue weighted by atomic mass is 19.1. The maximum absolute atomic E-state index is 14.0. The van der Waals surface area contributed by atoms with E-state index >= 15 is 0 Å². The van der Waals surface area contributed by atoms with Crippen LogP contribution in [0.25, 0.3) is 0 Å². The molecule has 0 aliphatic heterocycles. The van der Waals surface area contributed by atoms with Crippen molar-refractivity contribution in [2.75, 3.05) is 14.2 Å². The van der Waals surface area contributed by atoms with Crippen molar-refractivity contribution in [2.45, 2.75) is 12.5 Å². The highest BCUT2D eigenvalue weighted by molar-refractivity contribution is 5.34. The third-order valence-corrected chi connectivity index (χ3v) is 3.24. The Balaban J connectivity index is 2.24. The van der Waals surface area contributed by atoms with E-state index in [9.17, 15) is 13.9 Å². The standard InChI is InChI=1S/C16H16F2O3/c1-20-11-6-7-12(13(17)9-11)14(19)8-10-4-3-5-15(21-2)16(10)18/h3-7,9,14,19H,8H2,1-2H3. The first-order valence-corrected chi connectivity index (χ1v) is 6.39. The lowest BCUT2D eigenvalue weighted by atomic mass is 10.00. The number of hydrogen-bond acceptors (Lipinski definition) is 3. The predicted octanol–water partition coefficient (Wildman–Crippen LogP) is 3.26. The fourth-order valence-electron chi connectivity index (χ4n) is 2.09. The Hall–Kier alpha value is -2.14. The van der Waals surface area contributed by atoms with Crippen molar-refractivity contribution < 1.29 is 23.4 Å². The van der Waals surface area contributed by atoms with Crippen molar-refractivity contribution in [1.82, 2.24) is 0 Å². The molecule has 0 aliphatic rings. The monoisotopic (exact) mass is 294 g/mol. The third-order valence-electron chi connectivity index (χ3n) is 3.24. The highest BCUT2D eigenvalue weighted by Crippen LogP contribution is 2.27. The second-order valence-corrected chi connectivity index (χ2v) is 4.54. The molecule has 0 saturated heterocycles. The molecule has 21 heavy (non-hydrogen) atoms. The topological polar surface area (TPSA) is 38.7 Å². The lowest BCUT2D eigenvalue weighted by Gasteiger charge is -2.14. The van der Waals surface area contributed by atoms with Gasteiger partial charge in [0.1, 0.15) is 11.6 Å². The zero-order chi connectivity index (χ0) is 15.4. The van der Waals surface area contributed by atoms with Gasteiger partial charge in [0.05, 0.1) is 20.3 Å². The summed E-state index contributed by atoms with van der Waals surface area (Å²) >= 11 is 0. The van der Waals surface area contributed by atoms with E-state index < -0.39 is 17.7 Å². The van der Waals surface area contributed by atoms with Crippen LogP contribution in [-0.4, -0.2) is 19.3 Å². The lowest BCUT2D eigenvalue weighted by Crippen LogP contribution is -2.06. The highest BCUT2D eigenvalue weighted by Gasteiger charge is 2.17. The van der Waals surface area contributed by atoms with Gasteiger partial charge in [0.2, 0.25) is 0 Å². The summed E-state index contributed by atoms with van der Waals surface area (Å²) in [4.78, 5) is 0. The van der Waals surface area contributed by atoms with E-state index in [2.05, 4.69) is 0 Å². The Kier molecular flexibility index (Phi) is 4.75. The van der Waals surface area contributed by atoms with E-state index in [4.69, 9.17) is 9.47 Å². The van der Waals surface area contributed by atoms with Crippen LogP contribution in [0.4, 0.5) is 8.78 Å². The summed E-state index contributed by atoms with van der Waals surface area (Å²) < 4.78 is 37.7. The molecule has 0 bridgehead atoms. The van der Waals surface area contributed by atoms with Gasteiger partial charge >= 0.3 is 0 Å². The molecule has 112 valence electrons. The average molecular weight is 294 g/mol. The van der Waals surface area contributed by atoms with Crippen LogP contribution in [0.3, 0.4) is 0 Å². The smallest absolute Gasteiger partial charge is 0.168 e. The molecular weight excluding hydrogens is 278 g/mol. The molecule has 1 unspecified atom stereocenters. The summed E-state index contributed by atoms with van der Waals surface area (Å²) in [6, 6.07) is 8.79. The van der Waals surface area contributed by atoms with Gasteiger partial charge in [-0.2, -0.15) is 0 Å². The summed E-state index contributed by atoms with van der Waals surface area (Å²) in [7, 11) is 2.79. The molecule has 0 amide bonds. The number of ether oxygens (including phenoxy) is 2. The molecule has 0 radical (unpaired) electrons. The van der Waals surface area contributed by atoms with Gasteiger partial charge in [-0.25, -0.2) is 8.78 Å². The van der Waals surface area contributed by atoms with Crippen LogP contribution in [0, 0.1) is 11.6 Å². The fourth-order valence-corrected chi connectivity index (χ4v) is 2.09. The van der Waals surface area contributed by atoms with Crippen LogP contribution >= 0.6 is 0 Å². The summed E-state index contributed by atoms with van der Waals surface area (Å²) in [5, 5.41) is 10.1. The number of benzene rings is 2. The number of aliphatic hydroxyl groups is 1. The van der Waals surface area contributed by atoms with Crippen LogP contribution in [0.1, 0.15) is 17.2 Å². The van der Waals surface area contributed by atoms with Gasteiger partial charge in [-0.3, -0.25) is 0 Å². The second-order valence-electron chi connectivity index (χ2n) is 4.54. The van der Waals surface area contributed by atoms with Crippen molar-refractivity contribution in [3.05, 3.63) is 59.2 Å². The van der Waals surface area contributed by atoms with Gasteiger partial charge in [-0.15, -0.1) is 0 Å². The van der Waals surface area contributed by atoms with E-state index in [1.165, 1.54) is 38.5 Å². The van der Waals surface area contributed by atoms with E-state index in [-0.39, 0.29) is 23.3 Å². The van der Waals surface area contributed by atoms with E-state index in [0.717, 1.165) is 0 Å². The van der Waals surface area contributed by atoms with Crippen molar-refractivity contribution in [3.8, 4) is 11.5 Å². The molecule has 0 heterocycles. The maximum atomic E-state index is 14.0. The summed E-state index contributed by atoms with van der Waals surface area (Å²) in [5.41, 5.74) is 0.357. The first kappa shape index (κ1) is 15.3. The minimum absolute atomic E-state index is 0.0493. The normalized spacial score (nSPS) is 12.0. The Bertz CT molecular complexity index is 629. The molecule has 2 rings (SSSR count). The zero-order valence-corrected chi connectivity index (χ0v) is 11.8. The van der Waals surface area contributed by atoms with Gasteiger partial charge < -0.3 is 14.6 Å². The van der Waals surface area contributed by atoms with Crippen molar-refractivity contribution in [1.29, 1.82) is 0 Å². The lowest BCUT2D eigenvalue weighted by molar-refractivity contribution is 0.172. The van der Waals surface area contributed by atoms with Crippen molar-refractivity contribution in [2.24, 2.45) is 0 Å². The quantitative estimate of drug-likeness (QED) is 0.920. The van der Waals surface area contributed by atoms with Crippen LogP contribution in [0.2, 0.25) is 0 Å². The Labute approximate surface area is 121 Å². The number of methoxy groups -OCH3 is 2. The minimum Gasteiger partial charge on any atom is -0.497 e. The maximum Gasteiger partial charge on any atom is 0.168 e. The molecular formula is C16H16F2O3. The second kappa shape index (κ2) is 6.54. The van der Waals surface area contributed by atoms with Crippen molar-refractivity contribution >= 4 is 0 Å². The SMILES string of the molecule is COc1ccc(C(O)Cc2cccc(OC)c2F)c(F)c1. The van der Waals surface area contributed by atoms with Gasteiger partial charge in [0.25, 0.3) is 0 Å². The van der Waals surface area contributed by atoms with Gasteiger partial charge in [-0.1, -0.05) is 12.1 Å². The van der Waals surface area contributed by atoms with Crippen LogP contribution in [0.5, 0.6) is 11.5 Å². The molecule has 1 atom stereocenters. The van der Waals surface area contributed by atoms with Crippen LogP contribution < -0.4 is 9.47 Å². The molecule has 0 fully saturated rings. The summed E-state index contributed by atoms with van der Waals surface area (Å²) in [6.07, 6.45) is -1.20. The van der Waals surface area contributed by atoms with Crippen LogP contribution in [-0.2, 0) is 6.42 Å².